The summed E-state index contributed by atoms with van der Waals surface area (Å²) in [6.07, 6.45) is -2.25. The molecule has 17 N–H and O–H groups in total. The molecular formula is C28H50N10O14. The number of hydrogen-bond donors (Lipinski definition) is 15. The number of carbonyl (C=O) groups excluding carboxylic acids is 8. The van der Waals surface area contributed by atoms with Crippen LogP contribution < -0.4 is 54.0 Å². The zero-order chi connectivity index (χ0) is 40.0. The molecule has 0 spiro atoms. The van der Waals surface area contributed by atoms with E-state index in [1.165, 1.54) is 0 Å². The van der Waals surface area contributed by atoms with Crippen LogP contribution in [0.3, 0.4) is 0 Å². The summed E-state index contributed by atoms with van der Waals surface area (Å²) >= 11 is 0. The van der Waals surface area contributed by atoms with Crippen molar-refractivity contribution in [1.82, 2.24) is 42.5 Å². The van der Waals surface area contributed by atoms with Crippen molar-refractivity contribution in [2.24, 2.45) is 11.5 Å². The molecule has 24 heteroatoms. The zero-order valence-electron chi connectivity index (χ0n) is 28.7. The maximum absolute atomic E-state index is 13.0. The number of unbranched alkanes of at least 4 members (excludes halogenated alkanes) is 1. The van der Waals surface area contributed by atoms with Crippen LogP contribution in [0.2, 0.25) is 0 Å². The van der Waals surface area contributed by atoms with Crippen LogP contribution in [0.4, 0.5) is 0 Å². The van der Waals surface area contributed by atoms with Gasteiger partial charge in [-0.15, -0.1) is 0 Å². The van der Waals surface area contributed by atoms with E-state index < -0.39 is 135 Å². The lowest BCUT2D eigenvalue weighted by molar-refractivity contribution is -0.145. The van der Waals surface area contributed by atoms with Gasteiger partial charge in [0.25, 0.3) is 0 Å². The fourth-order valence-electron chi connectivity index (χ4n) is 3.89. The van der Waals surface area contributed by atoms with E-state index in [-0.39, 0.29) is 13.0 Å². The first-order chi connectivity index (χ1) is 24.4. The van der Waals surface area contributed by atoms with Gasteiger partial charge in [-0.25, -0.2) is 4.79 Å². The number of carboxylic acid groups (broad SMARTS) is 1. The number of aliphatic hydroxyl groups excluding tert-OH is 4. The predicted molar refractivity (Wildman–Crippen MR) is 176 cm³/mol. The molecular weight excluding hydrogens is 700 g/mol. The SMILES string of the molecule is C[C@@H](O)[C@H](NC(=O)[C@H](CCCCN)NC(=O)[C@@H](NC(=O)CNC(=O)CNC(=O)[C@H](CO)NC(=O)CNC(=O)CNC(=O)[C@@H](N)CO)[C@@H](C)O)C(=O)O. The molecule has 8 amide bonds. The Morgan fingerprint density at radius 1 is 0.558 bits per heavy atom. The van der Waals surface area contributed by atoms with Gasteiger partial charge in [-0.2, -0.15) is 0 Å². The first kappa shape index (κ1) is 47.0. The van der Waals surface area contributed by atoms with E-state index in [0.717, 1.165) is 13.8 Å². The van der Waals surface area contributed by atoms with Crippen molar-refractivity contribution in [2.75, 3.05) is 45.9 Å². The fourth-order valence-corrected chi connectivity index (χ4v) is 3.89. The number of aliphatic hydroxyl groups is 4. The van der Waals surface area contributed by atoms with E-state index in [1.807, 2.05) is 0 Å². The molecule has 0 aromatic heterocycles. The molecule has 0 saturated heterocycles. The molecule has 0 saturated carbocycles. The van der Waals surface area contributed by atoms with Gasteiger partial charge in [0, 0.05) is 0 Å². The molecule has 0 bridgehead atoms. The molecule has 7 atom stereocenters. The molecule has 0 aliphatic rings. The van der Waals surface area contributed by atoms with Crippen molar-refractivity contribution in [2.45, 2.75) is 75.5 Å². The number of aliphatic carboxylic acids is 1. The number of rotatable bonds is 25. The molecule has 0 aromatic carbocycles. The standard InChI is InChI=1S/C28H50N10O14/c1-13(41)22(27(50)36-16(5-3-4-6-29)26(49)38-23(14(2)42)28(51)52)37-21(46)10-32-19(44)8-34-25(48)17(12-40)35-20(45)9-31-18(43)7-33-24(47)15(30)11-39/h13-17,22-23,39-42H,3-12,29-30H2,1-2H3,(H,31,43)(H,32,44)(H,33,47)(H,34,48)(H,35,45)(H,36,50)(H,37,46)(H,38,49)(H,51,52)/t13-,14-,15+,16+,17+,22+,23+/m1/s1. The van der Waals surface area contributed by atoms with Crippen molar-refractivity contribution in [1.29, 1.82) is 0 Å². The summed E-state index contributed by atoms with van der Waals surface area (Å²) in [7, 11) is 0. The van der Waals surface area contributed by atoms with E-state index in [0.29, 0.717) is 12.8 Å². The Kier molecular flexibility index (Phi) is 22.6. The number of nitrogens with one attached hydrogen (secondary N) is 8. The Bertz CT molecular complexity index is 1250. The van der Waals surface area contributed by atoms with Crippen LogP contribution in [-0.2, 0) is 43.2 Å². The van der Waals surface area contributed by atoms with E-state index >= 15 is 0 Å². The first-order valence-corrected chi connectivity index (χ1v) is 15.9. The monoisotopic (exact) mass is 750 g/mol. The summed E-state index contributed by atoms with van der Waals surface area (Å²) in [5.74, 6) is -9.01. The van der Waals surface area contributed by atoms with Gasteiger partial charge < -0.3 is 79.5 Å². The van der Waals surface area contributed by atoms with Crippen LogP contribution in [-0.4, -0.2) is 167 Å². The van der Waals surface area contributed by atoms with Gasteiger partial charge in [-0.05, 0) is 39.7 Å². The second kappa shape index (κ2) is 25.0. The van der Waals surface area contributed by atoms with Gasteiger partial charge in [0.2, 0.25) is 47.3 Å². The second-order valence-corrected chi connectivity index (χ2v) is 11.3. The average molecular weight is 751 g/mol. The van der Waals surface area contributed by atoms with Crippen LogP contribution >= 0.6 is 0 Å². The highest BCUT2D eigenvalue weighted by Gasteiger charge is 2.33. The maximum Gasteiger partial charge on any atom is 0.328 e. The summed E-state index contributed by atoms with van der Waals surface area (Å²) < 4.78 is 0. The van der Waals surface area contributed by atoms with Crippen LogP contribution in [0.25, 0.3) is 0 Å². The average Bonchev–Trinajstić information content (AvgIpc) is 3.09. The van der Waals surface area contributed by atoms with Crippen molar-refractivity contribution in [3.8, 4) is 0 Å². The second-order valence-electron chi connectivity index (χ2n) is 11.3. The first-order valence-electron chi connectivity index (χ1n) is 15.9. The summed E-state index contributed by atoms with van der Waals surface area (Å²) in [5.41, 5.74) is 10.8. The number of carbonyl (C=O) groups is 9. The number of carboxylic acids is 1. The quantitative estimate of drug-likeness (QED) is 0.0385. The molecule has 52 heavy (non-hydrogen) atoms. The molecule has 0 fully saturated rings. The lowest BCUT2D eigenvalue weighted by Crippen LogP contribution is -2.59. The van der Waals surface area contributed by atoms with Gasteiger partial charge in [-0.1, -0.05) is 0 Å². The highest BCUT2D eigenvalue weighted by atomic mass is 16.4. The van der Waals surface area contributed by atoms with Gasteiger partial charge in [0.15, 0.2) is 6.04 Å². The smallest absolute Gasteiger partial charge is 0.328 e. The van der Waals surface area contributed by atoms with Crippen LogP contribution in [0.1, 0.15) is 33.1 Å². The highest BCUT2D eigenvalue weighted by Crippen LogP contribution is 2.05. The van der Waals surface area contributed by atoms with Crippen LogP contribution in [0.15, 0.2) is 0 Å². The minimum atomic E-state index is -1.69. The number of amides is 8. The maximum atomic E-state index is 13.0. The Morgan fingerprint density at radius 3 is 1.52 bits per heavy atom. The third kappa shape index (κ3) is 18.8. The Balaban J connectivity index is 5.00. The molecule has 0 rings (SSSR count). The zero-order valence-corrected chi connectivity index (χ0v) is 28.7. The molecule has 0 aliphatic heterocycles. The molecule has 0 unspecified atom stereocenters. The van der Waals surface area contributed by atoms with E-state index in [4.69, 9.17) is 16.6 Å². The number of nitrogens with two attached hydrogens (primary N) is 2. The van der Waals surface area contributed by atoms with Crippen molar-refractivity contribution in [3.63, 3.8) is 0 Å². The predicted octanol–water partition coefficient (Wildman–Crippen LogP) is -9.32. The summed E-state index contributed by atoms with van der Waals surface area (Å²) in [6, 6.07) is -7.49. The fraction of sp³-hybridized carbons (Fsp3) is 0.679. The van der Waals surface area contributed by atoms with E-state index in [9.17, 15) is 63.6 Å². The van der Waals surface area contributed by atoms with E-state index in [1.54, 1.807) is 0 Å². The van der Waals surface area contributed by atoms with Crippen molar-refractivity contribution >= 4 is 53.2 Å². The summed E-state index contributed by atoms with van der Waals surface area (Å²) in [5, 5.41) is 64.6. The van der Waals surface area contributed by atoms with Gasteiger partial charge in [0.1, 0.15) is 24.2 Å². The Morgan fingerprint density at radius 2 is 1.06 bits per heavy atom. The molecule has 0 radical (unpaired) electrons. The third-order valence-electron chi connectivity index (χ3n) is 6.81. The van der Waals surface area contributed by atoms with Crippen molar-refractivity contribution < 1.29 is 68.7 Å². The van der Waals surface area contributed by atoms with Crippen LogP contribution in [0, 0.1) is 0 Å². The Labute approximate surface area is 297 Å². The number of hydrogen-bond acceptors (Lipinski definition) is 15. The topological polar surface area (TPSA) is 403 Å². The minimum absolute atomic E-state index is 0.00979. The molecule has 0 aromatic rings. The van der Waals surface area contributed by atoms with E-state index in [2.05, 4.69) is 42.5 Å². The summed E-state index contributed by atoms with van der Waals surface area (Å²) in [6.45, 7) is -1.76. The third-order valence-corrected chi connectivity index (χ3v) is 6.81. The van der Waals surface area contributed by atoms with Crippen LogP contribution in [0.5, 0.6) is 0 Å². The summed E-state index contributed by atoms with van der Waals surface area (Å²) in [4.78, 5) is 110. The lowest BCUT2D eigenvalue weighted by atomic mass is 10.1. The Hall–Kier alpha value is -5.01. The van der Waals surface area contributed by atoms with Gasteiger partial charge in [-0.3, -0.25) is 38.4 Å². The largest absolute Gasteiger partial charge is 0.480 e. The van der Waals surface area contributed by atoms with Gasteiger partial charge in [0.05, 0.1) is 51.6 Å². The normalized spacial score (nSPS) is 14.8. The highest BCUT2D eigenvalue weighted by molar-refractivity contribution is 5.96. The molecule has 0 heterocycles. The van der Waals surface area contributed by atoms with Crippen molar-refractivity contribution in [3.05, 3.63) is 0 Å². The lowest BCUT2D eigenvalue weighted by Gasteiger charge is -2.26. The molecule has 296 valence electrons. The minimum Gasteiger partial charge on any atom is -0.480 e. The van der Waals surface area contributed by atoms with Gasteiger partial charge >= 0.3 is 5.97 Å². The molecule has 0 aliphatic carbocycles. The molecule has 24 nitrogen and oxygen atoms in total.